The van der Waals surface area contributed by atoms with Gasteiger partial charge in [-0.3, -0.25) is 9.59 Å². The average Bonchev–Trinajstić information content (AvgIpc) is 2.56. The lowest BCUT2D eigenvalue weighted by molar-refractivity contribution is -0.112. The fourth-order valence-electron chi connectivity index (χ4n) is 1.67. The highest BCUT2D eigenvalue weighted by Gasteiger charge is 2.31. The lowest BCUT2D eigenvalue weighted by Gasteiger charge is -2.03. The molecular formula is C9H7ClO2S. The van der Waals surface area contributed by atoms with Crippen molar-refractivity contribution < 1.29 is 9.59 Å². The van der Waals surface area contributed by atoms with Crippen LogP contribution in [0.25, 0.3) is 0 Å². The Hall–Kier alpha value is -0.670. The molecule has 0 radical (unpaired) electrons. The van der Waals surface area contributed by atoms with Gasteiger partial charge in [-0.05, 0) is 28.6 Å². The zero-order chi connectivity index (χ0) is 9.42. The predicted octanol–water partition coefficient (Wildman–Crippen LogP) is 2.57. The molecule has 1 aliphatic rings. The van der Waals surface area contributed by atoms with Gasteiger partial charge >= 0.3 is 0 Å². The standard InChI is InChI=1S/C9H7ClO2S/c10-8(12)4-5-3-7(11)9-6(5)1-2-13-9/h1-2,5H,3-4H2. The first-order chi connectivity index (χ1) is 6.18. The van der Waals surface area contributed by atoms with E-state index in [0.29, 0.717) is 6.42 Å². The van der Waals surface area contributed by atoms with E-state index in [1.165, 1.54) is 11.3 Å². The molecule has 1 aromatic rings. The van der Waals surface area contributed by atoms with E-state index in [-0.39, 0.29) is 23.4 Å². The fraction of sp³-hybridized carbons (Fsp3) is 0.333. The SMILES string of the molecule is O=C(Cl)CC1CC(=O)c2sccc21. The third-order valence-electron chi connectivity index (χ3n) is 2.23. The molecule has 13 heavy (non-hydrogen) atoms. The summed E-state index contributed by atoms with van der Waals surface area (Å²) >= 11 is 6.74. The van der Waals surface area contributed by atoms with Crippen LogP contribution in [0, 0.1) is 0 Å². The van der Waals surface area contributed by atoms with Crippen molar-refractivity contribution in [1.29, 1.82) is 0 Å². The van der Waals surface area contributed by atoms with Crippen LogP contribution in [-0.2, 0) is 4.79 Å². The molecule has 1 aliphatic carbocycles. The Balaban J connectivity index is 2.28. The Morgan fingerprint density at radius 3 is 3.15 bits per heavy atom. The molecule has 2 rings (SSSR count). The first-order valence-corrected chi connectivity index (χ1v) is 5.23. The Labute approximate surface area is 84.5 Å². The Morgan fingerprint density at radius 1 is 1.69 bits per heavy atom. The van der Waals surface area contributed by atoms with Gasteiger partial charge < -0.3 is 0 Å². The smallest absolute Gasteiger partial charge is 0.222 e. The van der Waals surface area contributed by atoms with Crippen LogP contribution in [0.5, 0.6) is 0 Å². The number of ketones is 1. The Morgan fingerprint density at radius 2 is 2.46 bits per heavy atom. The summed E-state index contributed by atoms with van der Waals surface area (Å²) in [5.74, 6) is 0.173. The second kappa shape index (κ2) is 3.24. The molecule has 0 amide bonds. The molecule has 0 aliphatic heterocycles. The number of fused-ring (bicyclic) bond motifs is 1. The average molecular weight is 215 g/mol. The molecule has 0 saturated heterocycles. The summed E-state index contributed by atoms with van der Waals surface area (Å²) in [6, 6.07) is 1.91. The van der Waals surface area contributed by atoms with Crippen molar-refractivity contribution in [1.82, 2.24) is 0 Å². The molecule has 0 saturated carbocycles. The quantitative estimate of drug-likeness (QED) is 0.710. The zero-order valence-electron chi connectivity index (χ0n) is 6.75. The third-order valence-corrected chi connectivity index (χ3v) is 3.35. The van der Waals surface area contributed by atoms with E-state index in [4.69, 9.17) is 11.6 Å². The van der Waals surface area contributed by atoms with E-state index in [1.54, 1.807) is 0 Å². The van der Waals surface area contributed by atoms with Gasteiger partial charge in [-0.2, -0.15) is 0 Å². The summed E-state index contributed by atoms with van der Waals surface area (Å²) in [6.07, 6.45) is 0.720. The summed E-state index contributed by atoms with van der Waals surface area (Å²) < 4.78 is 0. The molecule has 68 valence electrons. The molecule has 4 heteroatoms. The maximum atomic E-state index is 11.4. The van der Waals surface area contributed by atoms with Crippen molar-refractivity contribution in [2.75, 3.05) is 0 Å². The highest BCUT2D eigenvalue weighted by atomic mass is 35.5. The molecule has 0 spiro atoms. The van der Waals surface area contributed by atoms with Crippen molar-refractivity contribution >= 4 is 34.0 Å². The van der Waals surface area contributed by atoms with Crippen LogP contribution in [0.15, 0.2) is 11.4 Å². The molecule has 0 bridgehead atoms. The van der Waals surface area contributed by atoms with E-state index in [0.717, 1.165) is 10.4 Å². The summed E-state index contributed by atoms with van der Waals surface area (Å²) in [5.41, 5.74) is 1.00. The van der Waals surface area contributed by atoms with Gasteiger partial charge in [0.25, 0.3) is 0 Å². The maximum absolute atomic E-state index is 11.4. The minimum Gasteiger partial charge on any atom is -0.293 e. The normalized spacial score (nSPS) is 20.4. The van der Waals surface area contributed by atoms with Gasteiger partial charge in [0, 0.05) is 18.8 Å². The zero-order valence-corrected chi connectivity index (χ0v) is 8.32. The number of rotatable bonds is 2. The molecule has 0 N–H and O–H groups in total. The number of hydrogen-bond donors (Lipinski definition) is 0. The van der Waals surface area contributed by atoms with Crippen LogP contribution in [0.1, 0.15) is 34.0 Å². The van der Waals surface area contributed by atoms with Crippen molar-refractivity contribution in [3.8, 4) is 0 Å². The summed E-state index contributed by atoms with van der Waals surface area (Å²) in [5, 5.41) is 1.52. The van der Waals surface area contributed by atoms with Gasteiger partial charge in [0.05, 0.1) is 4.88 Å². The molecular weight excluding hydrogens is 208 g/mol. The Kier molecular flexibility index (Phi) is 2.22. The summed E-state index contributed by atoms with van der Waals surface area (Å²) in [4.78, 5) is 22.9. The van der Waals surface area contributed by atoms with Crippen LogP contribution in [-0.4, -0.2) is 11.0 Å². The van der Waals surface area contributed by atoms with Crippen LogP contribution in [0.4, 0.5) is 0 Å². The maximum Gasteiger partial charge on any atom is 0.222 e. The molecule has 0 fully saturated rings. The summed E-state index contributed by atoms with van der Waals surface area (Å²) in [6.45, 7) is 0. The fourth-order valence-corrected chi connectivity index (χ4v) is 2.79. The van der Waals surface area contributed by atoms with Gasteiger partial charge in [-0.25, -0.2) is 0 Å². The lowest BCUT2D eigenvalue weighted by Crippen LogP contribution is -1.98. The molecule has 1 heterocycles. The van der Waals surface area contributed by atoms with Gasteiger partial charge in [-0.15, -0.1) is 11.3 Å². The van der Waals surface area contributed by atoms with E-state index in [2.05, 4.69) is 0 Å². The van der Waals surface area contributed by atoms with Gasteiger partial charge in [0.15, 0.2) is 5.78 Å². The van der Waals surface area contributed by atoms with E-state index >= 15 is 0 Å². The van der Waals surface area contributed by atoms with E-state index < -0.39 is 0 Å². The topological polar surface area (TPSA) is 34.1 Å². The van der Waals surface area contributed by atoms with Gasteiger partial charge in [-0.1, -0.05) is 0 Å². The molecule has 2 nitrogen and oxygen atoms in total. The second-order valence-corrected chi connectivity index (χ2v) is 4.43. The first kappa shape index (κ1) is 8.91. The van der Waals surface area contributed by atoms with Crippen molar-refractivity contribution in [2.24, 2.45) is 0 Å². The second-order valence-electron chi connectivity index (χ2n) is 3.09. The number of carbonyl (C=O) groups is 2. The highest BCUT2D eigenvalue weighted by Crippen LogP contribution is 2.38. The number of hydrogen-bond acceptors (Lipinski definition) is 3. The van der Waals surface area contributed by atoms with E-state index in [9.17, 15) is 9.59 Å². The third kappa shape index (κ3) is 1.54. The van der Waals surface area contributed by atoms with Crippen molar-refractivity contribution in [3.63, 3.8) is 0 Å². The van der Waals surface area contributed by atoms with Crippen molar-refractivity contribution in [3.05, 3.63) is 21.9 Å². The lowest BCUT2D eigenvalue weighted by atomic mass is 10.0. The number of halogens is 1. The van der Waals surface area contributed by atoms with Crippen LogP contribution < -0.4 is 0 Å². The molecule has 1 unspecified atom stereocenters. The highest BCUT2D eigenvalue weighted by molar-refractivity contribution is 7.12. The first-order valence-electron chi connectivity index (χ1n) is 3.97. The van der Waals surface area contributed by atoms with Crippen LogP contribution >= 0.6 is 22.9 Å². The van der Waals surface area contributed by atoms with Gasteiger partial charge in [0.1, 0.15) is 0 Å². The molecule has 1 atom stereocenters. The Bertz CT molecular complexity index is 369. The van der Waals surface area contributed by atoms with Crippen LogP contribution in [0.2, 0.25) is 0 Å². The largest absolute Gasteiger partial charge is 0.293 e. The van der Waals surface area contributed by atoms with Crippen LogP contribution in [0.3, 0.4) is 0 Å². The minimum absolute atomic E-state index is 0.0266. The molecule has 1 aromatic heterocycles. The number of thiophene rings is 1. The monoisotopic (exact) mass is 214 g/mol. The van der Waals surface area contributed by atoms with Gasteiger partial charge in [0.2, 0.25) is 5.24 Å². The minimum atomic E-state index is -0.364. The predicted molar refractivity (Wildman–Crippen MR) is 51.5 cm³/mol. The van der Waals surface area contributed by atoms with Crippen molar-refractivity contribution in [2.45, 2.75) is 18.8 Å². The van der Waals surface area contributed by atoms with E-state index in [1.807, 2.05) is 11.4 Å². The number of Topliss-reactive ketones (excluding diaryl/α,β-unsaturated/α-hetero) is 1. The molecule has 0 aromatic carbocycles. The number of carbonyl (C=O) groups excluding carboxylic acids is 2. The summed E-state index contributed by atoms with van der Waals surface area (Å²) in [7, 11) is 0.